The molecule has 4 nitrogen and oxygen atoms in total. The van der Waals surface area contributed by atoms with E-state index in [9.17, 15) is 0 Å². The first-order valence-corrected chi connectivity index (χ1v) is 7.09. The van der Waals surface area contributed by atoms with E-state index in [1.807, 2.05) is 26.8 Å². The number of ether oxygens (including phenoxy) is 3. The van der Waals surface area contributed by atoms with Gasteiger partial charge in [-0.05, 0) is 38.5 Å². The van der Waals surface area contributed by atoms with E-state index in [1.165, 1.54) is 0 Å². The molecule has 2 rings (SSSR count). The van der Waals surface area contributed by atoms with Gasteiger partial charge in [0.25, 0.3) is 0 Å². The first kappa shape index (κ1) is 14.6. The van der Waals surface area contributed by atoms with Gasteiger partial charge in [0.2, 0.25) is 0 Å². The van der Waals surface area contributed by atoms with Crippen LogP contribution >= 0.6 is 15.9 Å². The number of aryl methyl sites for hydroxylation is 1. The van der Waals surface area contributed by atoms with Gasteiger partial charge in [0.15, 0.2) is 5.79 Å². The van der Waals surface area contributed by atoms with Gasteiger partial charge in [0, 0.05) is 4.47 Å². The van der Waals surface area contributed by atoms with Crippen LogP contribution in [0.25, 0.3) is 0 Å². The molecular formula is C14H20BrNO3. The summed E-state index contributed by atoms with van der Waals surface area (Å²) in [7, 11) is 1.67. The summed E-state index contributed by atoms with van der Waals surface area (Å²) in [4.78, 5) is 0. The summed E-state index contributed by atoms with van der Waals surface area (Å²) >= 11 is 3.47. The molecule has 1 aromatic carbocycles. The minimum absolute atomic E-state index is 0.127. The molecule has 0 saturated carbocycles. The summed E-state index contributed by atoms with van der Waals surface area (Å²) in [6, 6.07) is 4.13. The Morgan fingerprint density at radius 1 is 1.32 bits per heavy atom. The van der Waals surface area contributed by atoms with Crippen molar-refractivity contribution in [2.45, 2.75) is 32.6 Å². The molecule has 0 aromatic heterocycles. The fourth-order valence-electron chi connectivity index (χ4n) is 2.04. The number of rotatable bonds is 3. The number of benzene rings is 1. The van der Waals surface area contributed by atoms with E-state index in [2.05, 4.69) is 27.3 Å². The SMILES string of the molecule is COc1cc(Br)cc(C)c1NC1COC(C)(C)OC1. The van der Waals surface area contributed by atoms with Gasteiger partial charge in [-0.3, -0.25) is 0 Å². The van der Waals surface area contributed by atoms with Crippen molar-refractivity contribution in [1.82, 2.24) is 0 Å². The quantitative estimate of drug-likeness (QED) is 0.923. The van der Waals surface area contributed by atoms with Gasteiger partial charge < -0.3 is 19.5 Å². The Hall–Kier alpha value is -0.780. The van der Waals surface area contributed by atoms with Gasteiger partial charge in [0.05, 0.1) is 32.1 Å². The molecule has 0 radical (unpaired) electrons. The summed E-state index contributed by atoms with van der Waals surface area (Å²) in [5, 5.41) is 3.44. The number of hydrogen-bond acceptors (Lipinski definition) is 4. The van der Waals surface area contributed by atoms with Crippen molar-refractivity contribution in [1.29, 1.82) is 0 Å². The van der Waals surface area contributed by atoms with Crippen LogP contribution in [-0.4, -0.2) is 32.2 Å². The third kappa shape index (κ3) is 3.61. The van der Waals surface area contributed by atoms with Crippen molar-refractivity contribution >= 4 is 21.6 Å². The van der Waals surface area contributed by atoms with E-state index < -0.39 is 5.79 Å². The predicted octanol–water partition coefficient (Wildman–Crippen LogP) is 3.33. The third-order valence-electron chi connectivity index (χ3n) is 3.10. The summed E-state index contributed by atoms with van der Waals surface area (Å²) in [6.45, 7) is 7.13. The van der Waals surface area contributed by atoms with E-state index in [4.69, 9.17) is 14.2 Å². The first-order chi connectivity index (χ1) is 8.91. The van der Waals surface area contributed by atoms with Gasteiger partial charge in [0.1, 0.15) is 5.75 Å². The zero-order valence-corrected chi connectivity index (χ0v) is 13.3. The minimum Gasteiger partial charge on any atom is -0.495 e. The van der Waals surface area contributed by atoms with E-state index in [0.717, 1.165) is 21.5 Å². The van der Waals surface area contributed by atoms with Crippen LogP contribution in [0.5, 0.6) is 5.75 Å². The third-order valence-corrected chi connectivity index (χ3v) is 3.55. The molecular weight excluding hydrogens is 310 g/mol. The van der Waals surface area contributed by atoms with Crippen LogP contribution in [0.4, 0.5) is 5.69 Å². The Morgan fingerprint density at radius 2 is 1.95 bits per heavy atom. The van der Waals surface area contributed by atoms with Crippen molar-refractivity contribution in [2.24, 2.45) is 0 Å². The lowest BCUT2D eigenvalue weighted by atomic mass is 10.1. The Labute approximate surface area is 122 Å². The molecule has 5 heteroatoms. The normalized spacial score (nSPS) is 19.2. The van der Waals surface area contributed by atoms with Gasteiger partial charge >= 0.3 is 0 Å². The lowest BCUT2D eigenvalue weighted by Crippen LogP contribution is -2.45. The topological polar surface area (TPSA) is 39.7 Å². The van der Waals surface area contributed by atoms with E-state index in [0.29, 0.717) is 13.2 Å². The lowest BCUT2D eigenvalue weighted by molar-refractivity contribution is -0.247. The Morgan fingerprint density at radius 3 is 2.53 bits per heavy atom. The second kappa shape index (κ2) is 5.69. The van der Waals surface area contributed by atoms with Crippen molar-refractivity contribution in [3.05, 3.63) is 22.2 Å². The number of nitrogens with one attached hydrogen (secondary N) is 1. The Balaban J connectivity index is 2.11. The molecule has 1 N–H and O–H groups in total. The maximum absolute atomic E-state index is 5.65. The van der Waals surface area contributed by atoms with Crippen molar-refractivity contribution < 1.29 is 14.2 Å². The highest BCUT2D eigenvalue weighted by atomic mass is 79.9. The summed E-state index contributed by atoms with van der Waals surface area (Å²) in [5.41, 5.74) is 2.11. The van der Waals surface area contributed by atoms with Gasteiger partial charge in [-0.15, -0.1) is 0 Å². The number of anilines is 1. The molecule has 0 atom stereocenters. The highest BCUT2D eigenvalue weighted by Crippen LogP contribution is 2.33. The first-order valence-electron chi connectivity index (χ1n) is 6.30. The second-order valence-corrected chi connectivity index (χ2v) is 6.08. The Bertz CT molecular complexity index is 452. The molecule has 0 bridgehead atoms. The maximum Gasteiger partial charge on any atom is 0.162 e. The average molecular weight is 330 g/mol. The summed E-state index contributed by atoms with van der Waals surface area (Å²) in [5.74, 6) is 0.327. The molecule has 1 aliphatic heterocycles. The van der Waals surface area contributed by atoms with Crippen LogP contribution in [0.2, 0.25) is 0 Å². The van der Waals surface area contributed by atoms with Crippen LogP contribution in [0.15, 0.2) is 16.6 Å². The molecule has 0 aliphatic carbocycles. The number of halogens is 1. The summed E-state index contributed by atoms with van der Waals surface area (Å²) < 4.78 is 17.7. The predicted molar refractivity (Wildman–Crippen MR) is 78.8 cm³/mol. The molecule has 1 saturated heterocycles. The van der Waals surface area contributed by atoms with E-state index in [1.54, 1.807) is 7.11 Å². The monoisotopic (exact) mass is 329 g/mol. The lowest BCUT2D eigenvalue weighted by Gasteiger charge is -2.36. The summed E-state index contributed by atoms with van der Waals surface area (Å²) in [6.07, 6.45) is 0. The zero-order chi connectivity index (χ0) is 14.0. The fraction of sp³-hybridized carbons (Fsp3) is 0.571. The van der Waals surface area contributed by atoms with Crippen molar-refractivity contribution in [3.8, 4) is 5.75 Å². The molecule has 106 valence electrons. The average Bonchev–Trinajstić information content (AvgIpc) is 2.34. The van der Waals surface area contributed by atoms with Crippen molar-refractivity contribution in [3.63, 3.8) is 0 Å². The fourth-order valence-corrected chi connectivity index (χ4v) is 2.59. The molecule has 1 fully saturated rings. The highest BCUT2D eigenvalue weighted by Gasteiger charge is 2.28. The molecule has 0 unspecified atom stereocenters. The molecule has 1 heterocycles. The van der Waals surface area contributed by atoms with Crippen LogP contribution < -0.4 is 10.1 Å². The van der Waals surface area contributed by atoms with Gasteiger partial charge in [-0.2, -0.15) is 0 Å². The van der Waals surface area contributed by atoms with E-state index in [-0.39, 0.29) is 6.04 Å². The van der Waals surface area contributed by atoms with Crippen LogP contribution in [0, 0.1) is 6.92 Å². The zero-order valence-electron chi connectivity index (χ0n) is 11.7. The molecule has 0 spiro atoms. The van der Waals surface area contributed by atoms with Crippen LogP contribution in [-0.2, 0) is 9.47 Å². The van der Waals surface area contributed by atoms with Crippen molar-refractivity contribution in [2.75, 3.05) is 25.6 Å². The van der Waals surface area contributed by atoms with Crippen LogP contribution in [0.1, 0.15) is 19.4 Å². The van der Waals surface area contributed by atoms with Crippen LogP contribution in [0.3, 0.4) is 0 Å². The van der Waals surface area contributed by atoms with Gasteiger partial charge in [-0.25, -0.2) is 0 Å². The number of methoxy groups -OCH3 is 1. The standard InChI is InChI=1S/C14H20BrNO3/c1-9-5-10(15)6-12(17-4)13(9)16-11-7-18-14(2,3)19-8-11/h5-6,11,16H,7-8H2,1-4H3. The number of hydrogen-bond donors (Lipinski definition) is 1. The highest BCUT2D eigenvalue weighted by molar-refractivity contribution is 9.10. The molecule has 19 heavy (non-hydrogen) atoms. The minimum atomic E-state index is -0.489. The van der Waals surface area contributed by atoms with Gasteiger partial charge in [-0.1, -0.05) is 15.9 Å². The molecule has 1 aromatic rings. The largest absolute Gasteiger partial charge is 0.495 e. The Kier molecular flexibility index (Phi) is 4.38. The second-order valence-electron chi connectivity index (χ2n) is 5.16. The molecule has 0 amide bonds. The maximum atomic E-state index is 5.65. The smallest absolute Gasteiger partial charge is 0.162 e. The van der Waals surface area contributed by atoms with E-state index >= 15 is 0 Å². The molecule has 1 aliphatic rings.